The molecule has 102 valence electrons. The Morgan fingerprint density at radius 3 is 2.84 bits per heavy atom. The topological polar surface area (TPSA) is 66.6 Å². The number of nitrogens with zero attached hydrogens (tertiary/aromatic N) is 2. The van der Waals surface area contributed by atoms with Crippen molar-refractivity contribution in [2.75, 3.05) is 32.4 Å². The van der Waals surface area contributed by atoms with Gasteiger partial charge in [-0.2, -0.15) is 0 Å². The second kappa shape index (κ2) is 5.61. The van der Waals surface area contributed by atoms with Gasteiger partial charge in [0, 0.05) is 30.3 Å². The number of rotatable bonds is 1. The molecule has 1 saturated heterocycles. The van der Waals surface area contributed by atoms with E-state index in [2.05, 4.69) is 15.9 Å². The first-order chi connectivity index (χ1) is 8.99. The summed E-state index contributed by atoms with van der Waals surface area (Å²) < 4.78 is 0.795. The highest BCUT2D eigenvalue weighted by Crippen LogP contribution is 2.20. The Hall–Kier alpha value is -1.56. The Bertz CT molecular complexity index is 519. The zero-order valence-electron chi connectivity index (χ0n) is 10.7. The van der Waals surface area contributed by atoms with Gasteiger partial charge >= 0.3 is 0 Å². The minimum Gasteiger partial charge on any atom is -0.398 e. The van der Waals surface area contributed by atoms with Gasteiger partial charge in [-0.05, 0) is 24.6 Å². The van der Waals surface area contributed by atoms with E-state index in [1.165, 1.54) is 0 Å². The van der Waals surface area contributed by atoms with Crippen molar-refractivity contribution in [1.29, 1.82) is 0 Å². The van der Waals surface area contributed by atoms with Gasteiger partial charge in [0.05, 0.1) is 5.56 Å². The van der Waals surface area contributed by atoms with Crippen LogP contribution >= 0.6 is 15.9 Å². The molecule has 0 bridgehead atoms. The molecular formula is C13H16BrN3O2. The van der Waals surface area contributed by atoms with E-state index in [4.69, 9.17) is 5.73 Å². The summed E-state index contributed by atoms with van der Waals surface area (Å²) in [6.45, 7) is 1.36. The van der Waals surface area contributed by atoms with Crippen molar-refractivity contribution in [2.24, 2.45) is 0 Å². The summed E-state index contributed by atoms with van der Waals surface area (Å²) >= 11 is 3.32. The number of halogens is 1. The molecule has 1 aliphatic rings. The van der Waals surface area contributed by atoms with Crippen LogP contribution in [0.25, 0.3) is 0 Å². The van der Waals surface area contributed by atoms with Crippen LogP contribution in [0, 0.1) is 0 Å². The van der Waals surface area contributed by atoms with Gasteiger partial charge in [0.2, 0.25) is 5.91 Å². The Morgan fingerprint density at radius 2 is 2.11 bits per heavy atom. The Balaban J connectivity index is 2.23. The molecule has 1 heterocycles. The molecule has 1 fully saturated rings. The average molecular weight is 326 g/mol. The SMILES string of the molecule is CN1CCCN(C(=O)c2cc(Br)ccc2N)CC1=O. The minimum absolute atomic E-state index is 0.0422. The van der Waals surface area contributed by atoms with Crippen molar-refractivity contribution in [1.82, 2.24) is 9.80 Å². The van der Waals surface area contributed by atoms with Gasteiger partial charge in [-0.1, -0.05) is 15.9 Å². The molecule has 0 unspecified atom stereocenters. The van der Waals surface area contributed by atoms with E-state index < -0.39 is 0 Å². The van der Waals surface area contributed by atoms with Crippen molar-refractivity contribution in [3.63, 3.8) is 0 Å². The summed E-state index contributed by atoms with van der Waals surface area (Å²) in [6.07, 6.45) is 0.780. The molecule has 1 aromatic rings. The van der Waals surface area contributed by atoms with Crippen molar-refractivity contribution in [3.8, 4) is 0 Å². The van der Waals surface area contributed by atoms with Crippen LogP contribution < -0.4 is 5.73 Å². The van der Waals surface area contributed by atoms with Crippen LogP contribution in [0.3, 0.4) is 0 Å². The first kappa shape index (κ1) is 13.9. The fourth-order valence-electron chi connectivity index (χ4n) is 2.04. The normalized spacial score (nSPS) is 16.4. The fourth-order valence-corrected chi connectivity index (χ4v) is 2.40. The molecule has 0 radical (unpaired) electrons. The highest BCUT2D eigenvalue weighted by atomic mass is 79.9. The molecular weight excluding hydrogens is 310 g/mol. The predicted molar refractivity (Wildman–Crippen MR) is 76.7 cm³/mol. The summed E-state index contributed by atoms with van der Waals surface area (Å²) in [6, 6.07) is 5.16. The molecule has 6 heteroatoms. The van der Waals surface area contributed by atoms with Gasteiger partial charge in [-0.25, -0.2) is 0 Å². The Kier molecular flexibility index (Phi) is 4.09. The number of nitrogen functional groups attached to an aromatic ring is 1. The third-order valence-electron chi connectivity index (χ3n) is 3.21. The van der Waals surface area contributed by atoms with Crippen LogP contribution in [-0.4, -0.2) is 48.3 Å². The summed E-state index contributed by atoms with van der Waals surface area (Å²) in [4.78, 5) is 27.4. The first-order valence-corrected chi connectivity index (χ1v) is 6.86. The fraction of sp³-hybridized carbons (Fsp3) is 0.385. The maximum atomic E-state index is 12.4. The minimum atomic E-state index is -0.192. The van der Waals surface area contributed by atoms with Crippen LogP contribution in [0.1, 0.15) is 16.8 Å². The van der Waals surface area contributed by atoms with E-state index in [0.29, 0.717) is 24.3 Å². The van der Waals surface area contributed by atoms with Gasteiger partial charge in [0.15, 0.2) is 0 Å². The smallest absolute Gasteiger partial charge is 0.256 e. The van der Waals surface area contributed by atoms with E-state index in [-0.39, 0.29) is 18.4 Å². The molecule has 2 rings (SSSR count). The highest BCUT2D eigenvalue weighted by Gasteiger charge is 2.24. The Labute approximate surface area is 120 Å². The Morgan fingerprint density at radius 1 is 1.37 bits per heavy atom. The number of benzene rings is 1. The van der Waals surface area contributed by atoms with E-state index in [1.54, 1.807) is 35.0 Å². The zero-order chi connectivity index (χ0) is 14.0. The number of carbonyl (C=O) groups excluding carboxylic acids is 2. The molecule has 5 nitrogen and oxygen atoms in total. The van der Waals surface area contributed by atoms with Crippen LogP contribution in [0.4, 0.5) is 5.69 Å². The standard InChI is InChI=1S/C13H16BrN3O2/c1-16-5-2-6-17(8-12(16)18)13(19)10-7-9(14)3-4-11(10)15/h3-4,7H,2,5-6,8,15H2,1H3. The number of hydrogen-bond acceptors (Lipinski definition) is 3. The lowest BCUT2D eigenvalue weighted by atomic mass is 10.1. The number of amides is 2. The first-order valence-electron chi connectivity index (χ1n) is 6.07. The number of nitrogens with two attached hydrogens (primary N) is 1. The van der Waals surface area contributed by atoms with Gasteiger partial charge in [-0.15, -0.1) is 0 Å². The summed E-state index contributed by atoms with van der Waals surface area (Å²) in [5.74, 6) is -0.234. The van der Waals surface area contributed by atoms with Crippen molar-refractivity contribution < 1.29 is 9.59 Å². The molecule has 2 N–H and O–H groups in total. The second-order valence-electron chi connectivity index (χ2n) is 4.63. The molecule has 0 aliphatic carbocycles. The maximum Gasteiger partial charge on any atom is 0.256 e. The van der Waals surface area contributed by atoms with Gasteiger partial charge < -0.3 is 15.5 Å². The van der Waals surface area contributed by atoms with Crippen molar-refractivity contribution in [2.45, 2.75) is 6.42 Å². The van der Waals surface area contributed by atoms with Crippen LogP contribution in [0.15, 0.2) is 22.7 Å². The number of anilines is 1. The van der Waals surface area contributed by atoms with Crippen molar-refractivity contribution in [3.05, 3.63) is 28.2 Å². The quantitative estimate of drug-likeness (QED) is 0.792. The number of hydrogen-bond donors (Lipinski definition) is 1. The summed E-state index contributed by atoms with van der Waals surface area (Å²) in [5, 5.41) is 0. The predicted octanol–water partition coefficient (Wildman–Crippen LogP) is 1.34. The third kappa shape index (κ3) is 3.07. The largest absolute Gasteiger partial charge is 0.398 e. The zero-order valence-corrected chi connectivity index (χ0v) is 12.3. The molecule has 1 aromatic carbocycles. The monoisotopic (exact) mass is 325 g/mol. The lowest BCUT2D eigenvalue weighted by Gasteiger charge is -2.20. The molecule has 0 saturated carbocycles. The van der Waals surface area contributed by atoms with E-state index >= 15 is 0 Å². The molecule has 1 aliphatic heterocycles. The number of likely N-dealkylation sites (N-methyl/N-ethyl adjacent to an activating group) is 1. The lowest BCUT2D eigenvalue weighted by molar-refractivity contribution is -0.129. The van der Waals surface area contributed by atoms with Crippen LogP contribution in [-0.2, 0) is 4.79 Å². The third-order valence-corrected chi connectivity index (χ3v) is 3.70. The van der Waals surface area contributed by atoms with Gasteiger partial charge in [-0.3, -0.25) is 9.59 Å². The van der Waals surface area contributed by atoms with Crippen LogP contribution in [0.2, 0.25) is 0 Å². The van der Waals surface area contributed by atoms with Crippen molar-refractivity contribution >= 4 is 33.4 Å². The molecule has 2 amide bonds. The van der Waals surface area contributed by atoms with E-state index in [1.807, 2.05) is 0 Å². The average Bonchev–Trinajstić information content (AvgIpc) is 2.54. The molecule has 0 atom stereocenters. The molecule has 19 heavy (non-hydrogen) atoms. The van der Waals surface area contributed by atoms with Gasteiger partial charge in [0.25, 0.3) is 5.91 Å². The highest BCUT2D eigenvalue weighted by molar-refractivity contribution is 9.10. The second-order valence-corrected chi connectivity index (χ2v) is 5.54. The maximum absolute atomic E-state index is 12.4. The van der Waals surface area contributed by atoms with E-state index in [9.17, 15) is 9.59 Å². The summed E-state index contributed by atoms with van der Waals surface area (Å²) in [7, 11) is 1.75. The van der Waals surface area contributed by atoms with Gasteiger partial charge in [0.1, 0.15) is 6.54 Å². The van der Waals surface area contributed by atoms with E-state index in [0.717, 1.165) is 10.9 Å². The summed E-state index contributed by atoms with van der Waals surface area (Å²) in [5.41, 5.74) is 6.70. The van der Waals surface area contributed by atoms with Crippen LogP contribution in [0.5, 0.6) is 0 Å². The molecule has 0 aromatic heterocycles. The lowest BCUT2D eigenvalue weighted by Crippen LogP contribution is -2.38. The molecule has 0 spiro atoms. The number of carbonyl (C=O) groups is 2.